The van der Waals surface area contributed by atoms with Gasteiger partial charge in [-0.05, 0) is 116 Å². The fraction of sp³-hybridized carbons (Fsp3) is 0.689. The first-order valence-corrected chi connectivity index (χ1v) is 27.7. The molecule has 0 aliphatic rings. The summed E-state index contributed by atoms with van der Waals surface area (Å²) in [6.45, 7) is 6.36. The zero-order valence-corrected chi connectivity index (χ0v) is 43.6. The molecule has 0 aromatic rings. The van der Waals surface area contributed by atoms with Gasteiger partial charge in [0, 0.05) is 19.3 Å². The van der Waals surface area contributed by atoms with Gasteiger partial charge in [0.2, 0.25) is 0 Å². The Bertz CT molecular complexity index is 1350. The number of hydrogen-bond donors (Lipinski definition) is 0. The summed E-state index contributed by atoms with van der Waals surface area (Å²) in [4.78, 5) is 38.1. The second-order valence-corrected chi connectivity index (χ2v) is 18.1. The molecule has 6 nitrogen and oxygen atoms in total. The summed E-state index contributed by atoms with van der Waals surface area (Å²) < 4.78 is 16.8. The first-order valence-electron chi connectivity index (χ1n) is 27.7. The van der Waals surface area contributed by atoms with Crippen LogP contribution in [-0.4, -0.2) is 37.2 Å². The van der Waals surface area contributed by atoms with Crippen molar-refractivity contribution < 1.29 is 28.6 Å². The fourth-order valence-corrected chi connectivity index (χ4v) is 7.44. The number of rotatable bonds is 49. The van der Waals surface area contributed by atoms with Gasteiger partial charge in [0.05, 0.1) is 0 Å². The number of ether oxygens (including phenoxy) is 3. The zero-order valence-electron chi connectivity index (χ0n) is 43.6. The van der Waals surface area contributed by atoms with E-state index >= 15 is 0 Å². The predicted molar refractivity (Wildman–Crippen MR) is 288 cm³/mol. The summed E-state index contributed by atoms with van der Waals surface area (Å²) in [7, 11) is 0. The van der Waals surface area contributed by atoms with Gasteiger partial charge in [-0.15, -0.1) is 0 Å². The Kier molecular flexibility index (Phi) is 51.9. The Morgan fingerprint density at radius 1 is 0.313 bits per heavy atom. The number of carbonyl (C=O) groups excluding carboxylic acids is 3. The second-order valence-electron chi connectivity index (χ2n) is 18.1. The summed E-state index contributed by atoms with van der Waals surface area (Å²) >= 11 is 0. The highest BCUT2D eigenvalue weighted by Gasteiger charge is 2.19. The smallest absolute Gasteiger partial charge is 0.306 e. The van der Waals surface area contributed by atoms with Gasteiger partial charge in [0.25, 0.3) is 0 Å². The van der Waals surface area contributed by atoms with Gasteiger partial charge in [-0.25, -0.2) is 0 Å². The Balaban J connectivity index is 4.40. The van der Waals surface area contributed by atoms with Crippen molar-refractivity contribution in [3.8, 4) is 0 Å². The lowest BCUT2D eigenvalue weighted by molar-refractivity contribution is -0.167. The molecule has 0 N–H and O–H groups in total. The highest BCUT2D eigenvalue weighted by atomic mass is 16.6. The molecule has 0 aromatic carbocycles. The average molecular weight is 931 g/mol. The van der Waals surface area contributed by atoms with Gasteiger partial charge >= 0.3 is 17.9 Å². The molecular weight excluding hydrogens is 829 g/mol. The van der Waals surface area contributed by atoms with E-state index in [1.54, 1.807) is 0 Å². The first kappa shape index (κ1) is 63.3. The van der Waals surface area contributed by atoms with Crippen molar-refractivity contribution in [1.82, 2.24) is 0 Å². The maximum Gasteiger partial charge on any atom is 0.306 e. The van der Waals surface area contributed by atoms with Gasteiger partial charge in [-0.1, -0.05) is 214 Å². The van der Waals surface area contributed by atoms with Crippen molar-refractivity contribution in [3.63, 3.8) is 0 Å². The van der Waals surface area contributed by atoms with E-state index in [1.807, 2.05) is 0 Å². The van der Waals surface area contributed by atoms with Crippen LogP contribution in [0.3, 0.4) is 0 Å². The SMILES string of the molecule is CC/C=C\C/C=C\C/C=C\CCCCCCCC(=O)OC(COC(=O)CCCCC/C=C\C/C=C\C/C=C\CC)COC(=O)CCCCCCCCCCC/C=C\C/C=C\CCCCCCC. The molecule has 0 bridgehead atoms. The topological polar surface area (TPSA) is 78.9 Å². The Morgan fingerprint density at radius 3 is 0.925 bits per heavy atom. The molecule has 1 atom stereocenters. The molecular formula is C61H102O6. The van der Waals surface area contributed by atoms with Crippen LogP contribution in [0.5, 0.6) is 0 Å². The van der Waals surface area contributed by atoms with Crippen molar-refractivity contribution in [2.75, 3.05) is 13.2 Å². The molecule has 0 radical (unpaired) electrons. The molecule has 0 saturated carbocycles. The van der Waals surface area contributed by atoms with Crippen LogP contribution in [-0.2, 0) is 28.6 Å². The van der Waals surface area contributed by atoms with Crippen LogP contribution in [0.1, 0.15) is 252 Å². The molecule has 382 valence electrons. The molecule has 0 aliphatic carbocycles. The van der Waals surface area contributed by atoms with Gasteiger partial charge in [0.1, 0.15) is 13.2 Å². The average Bonchev–Trinajstić information content (AvgIpc) is 3.33. The summed E-state index contributed by atoms with van der Waals surface area (Å²) in [5.41, 5.74) is 0. The minimum atomic E-state index is -0.801. The van der Waals surface area contributed by atoms with E-state index in [0.29, 0.717) is 19.3 Å². The molecule has 0 aromatic heterocycles. The molecule has 0 fully saturated rings. The largest absolute Gasteiger partial charge is 0.462 e. The summed E-state index contributed by atoms with van der Waals surface area (Å²) in [6, 6.07) is 0. The van der Waals surface area contributed by atoms with Gasteiger partial charge in [0.15, 0.2) is 6.10 Å². The van der Waals surface area contributed by atoms with Crippen LogP contribution in [0.15, 0.2) is 97.2 Å². The van der Waals surface area contributed by atoms with Crippen LogP contribution in [0, 0.1) is 0 Å². The van der Waals surface area contributed by atoms with Crippen molar-refractivity contribution in [2.45, 2.75) is 258 Å². The zero-order chi connectivity index (χ0) is 48.6. The summed E-state index contributed by atoms with van der Waals surface area (Å²) in [6.07, 6.45) is 72.6. The van der Waals surface area contributed by atoms with Gasteiger partial charge < -0.3 is 14.2 Å². The summed E-state index contributed by atoms with van der Waals surface area (Å²) in [5.74, 6) is -0.949. The highest BCUT2D eigenvalue weighted by molar-refractivity contribution is 5.71. The molecule has 0 heterocycles. The third kappa shape index (κ3) is 53.2. The lowest BCUT2D eigenvalue weighted by Gasteiger charge is -2.18. The Morgan fingerprint density at radius 2 is 0.582 bits per heavy atom. The van der Waals surface area contributed by atoms with Crippen LogP contribution in [0.2, 0.25) is 0 Å². The number of allylic oxidation sites excluding steroid dienone is 16. The van der Waals surface area contributed by atoms with E-state index in [9.17, 15) is 14.4 Å². The van der Waals surface area contributed by atoms with Gasteiger partial charge in [-0.3, -0.25) is 14.4 Å². The molecule has 0 aliphatic heterocycles. The maximum absolute atomic E-state index is 12.8. The van der Waals surface area contributed by atoms with Crippen LogP contribution < -0.4 is 0 Å². The standard InChI is InChI=1S/C61H102O6/c1-4-7-10-13-16-19-22-25-27-28-29-30-31-32-34-36-39-42-45-48-51-54-60(63)66-57-58(56-65-59(62)53-50-47-44-41-38-35-24-21-18-15-12-9-6-3)67-61(64)55-52-49-46-43-40-37-33-26-23-20-17-14-11-8-5-2/h8-9,11-12,17-18,20-22,25-26,28-29,33,35,38,58H,4-7,10,13-16,19,23-24,27,30-32,34,36-37,39-57H2,1-3H3/b11-8-,12-9-,20-17-,21-18-,25-22-,29-28-,33-26-,38-35-. The van der Waals surface area contributed by atoms with E-state index in [-0.39, 0.29) is 31.1 Å². The minimum Gasteiger partial charge on any atom is -0.462 e. The number of unbranched alkanes of at least 4 members (excludes halogenated alkanes) is 22. The van der Waals surface area contributed by atoms with E-state index in [4.69, 9.17) is 14.2 Å². The van der Waals surface area contributed by atoms with E-state index in [2.05, 4.69) is 118 Å². The van der Waals surface area contributed by atoms with E-state index in [1.165, 1.54) is 83.5 Å². The molecule has 0 spiro atoms. The van der Waals surface area contributed by atoms with Crippen molar-refractivity contribution >= 4 is 17.9 Å². The Hall–Kier alpha value is -3.67. The van der Waals surface area contributed by atoms with Crippen molar-refractivity contribution in [2.24, 2.45) is 0 Å². The number of hydrogen-bond acceptors (Lipinski definition) is 6. The Labute approximate surface area is 413 Å². The third-order valence-electron chi connectivity index (χ3n) is 11.6. The molecule has 0 rings (SSSR count). The van der Waals surface area contributed by atoms with Gasteiger partial charge in [-0.2, -0.15) is 0 Å². The first-order chi connectivity index (χ1) is 33.0. The maximum atomic E-state index is 12.8. The van der Waals surface area contributed by atoms with E-state index in [0.717, 1.165) is 128 Å². The number of esters is 3. The predicted octanol–water partition coefficient (Wildman–Crippen LogP) is 18.5. The van der Waals surface area contributed by atoms with Crippen LogP contribution in [0.25, 0.3) is 0 Å². The fourth-order valence-electron chi connectivity index (χ4n) is 7.44. The highest BCUT2D eigenvalue weighted by Crippen LogP contribution is 2.14. The quantitative estimate of drug-likeness (QED) is 0.0262. The molecule has 0 saturated heterocycles. The summed E-state index contributed by atoms with van der Waals surface area (Å²) in [5, 5.41) is 0. The number of carbonyl (C=O) groups is 3. The van der Waals surface area contributed by atoms with Crippen LogP contribution >= 0.6 is 0 Å². The third-order valence-corrected chi connectivity index (χ3v) is 11.6. The second kappa shape index (κ2) is 54.9. The normalized spacial score (nSPS) is 12.8. The monoisotopic (exact) mass is 931 g/mol. The molecule has 0 amide bonds. The van der Waals surface area contributed by atoms with Crippen molar-refractivity contribution in [3.05, 3.63) is 97.2 Å². The van der Waals surface area contributed by atoms with E-state index < -0.39 is 6.10 Å². The molecule has 6 heteroatoms. The van der Waals surface area contributed by atoms with Crippen molar-refractivity contribution in [1.29, 1.82) is 0 Å². The molecule has 1 unspecified atom stereocenters. The lowest BCUT2D eigenvalue weighted by Crippen LogP contribution is -2.30. The van der Waals surface area contributed by atoms with Crippen LogP contribution in [0.4, 0.5) is 0 Å². The molecule has 67 heavy (non-hydrogen) atoms. The lowest BCUT2D eigenvalue weighted by atomic mass is 10.1. The minimum absolute atomic E-state index is 0.0971.